The van der Waals surface area contributed by atoms with E-state index < -0.39 is 6.04 Å². The molecule has 11 heteroatoms. The van der Waals surface area contributed by atoms with Gasteiger partial charge in [-0.1, -0.05) is 35.9 Å². The predicted octanol–water partition coefficient (Wildman–Crippen LogP) is 4.01. The Bertz CT molecular complexity index is 1420. The predicted molar refractivity (Wildman–Crippen MR) is 153 cm³/mol. The second-order valence-corrected chi connectivity index (χ2v) is 10.5. The van der Waals surface area contributed by atoms with Gasteiger partial charge >= 0.3 is 0 Å². The van der Waals surface area contributed by atoms with E-state index in [0.717, 1.165) is 47.9 Å². The van der Waals surface area contributed by atoms with Gasteiger partial charge < -0.3 is 16.4 Å². The number of H-pyrrole nitrogens is 1. The van der Waals surface area contributed by atoms with Crippen molar-refractivity contribution in [3.63, 3.8) is 0 Å². The minimum atomic E-state index is -0.754. The average molecular weight is 559 g/mol. The van der Waals surface area contributed by atoms with Crippen molar-refractivity contribution >= 4 is 29.1 Å². The van der Waals surface area contributed by atoms with E-state index >= 15 is 0 Å². The van der Waals surface area contributed by atoms with Gasteiger partial charge in [-0.2, -0.15) is 5.21 Å². The molecule has 40 heavy (non-hydrogen) atoms. The molecule has 1 fully saturated rings. The number of benzene rings is 2. The number of amides is 2. The maximum absolute atomic E-state index is 13.5. The number of carbonyl (C=O) groups is 2. The summed E-state index contributed by atoms with van der Waals surface area (Å²) in [6, 6.07) is 16.1. The summed E-state index contributed by atoms with van der Waals surface area (Å²) in [4.78, 5) is 30.9. The lowest BCUT2D eigenvalue weighted by atomic mass is 9.81. The molecule has 2 aromatic heterocycles. The highest BCUT2D eigenvalue weighted by atomic mass is 35.5. The number of aromatic nitrogens is 5. The Kier molecular flexibility index (Phi) is 8.78. The molecular formula is C29H31ClN8O2. The molecule has 0 spiro atoms. The first kappa shape index (κ1) is 27.4. The summed E-state index contributed by atoms with van der Waals surface area (Å²) in [7, 11) is 0. The van der Waals surface area contributed by atoms with Crippen molar-refractivity contribution in [1.82, 2.24) is 30.9 Å². The SMILES string of the molecule is NCC1CCC(C(=O)N[C@@H](Cc2ccc(-c3cncc(Cl)c3)cc2)C(=O)Nc2ccc(-c3nn[nH]n3)cc2)CC1. The fourth-order valence-corrected chi connectivity index (χ4v) is 5.19. The molecule has 5 N–H and O–H groups in total. The minimum Gasteiger partial charge on any atom is -0.344 e. The topological polar surface area (TPSA) is 152 Å². The third-order valence-corrected chi connectivity index (χ3v) is 7.58. The molecule has 1 atom stereocenters. The van der Waals surface area contributed by atoms with Crippen molar-refractivity contribution in [2.45, 2.75) is 38.1 Å². The van der Waals surface area contributed by atoms with Crippen LogP contribution >= 0.6 is 11.6 Å². The van der Waals surface area contributed by atoms with Crippen molar-refractivity contribution in [3.8, 4) is 22.5 Å². The second kappa shape index (κ2) is 12.8. The monoisotopic (exact) mass is 558 g/mol. The molecule has 2 amide bonds. The zero-order chi connectivity index (χ0) is 27.9. The number of nitrogens with two attached hydrogens (primary N) is 1. The second-order valence-electron chi connectivity index (χ2n) is 10.1. The number of pyridine rings is 1. The largest absolute Gasteiger partial charge is 0.344 e. The van der Waals surface area contributed by atoms with Crippen LogP contribution in [0.15, 0.2) is 67.0 Å². The van der Waals surface area contributed by atoms with E-state index in [-0.39, 0.29) is 17.7 Å². The van der Waals surface area contributed by atoms with E-state index in [9.17, 15) is 9.59 Å². The number of hydrogen-bond acceptors (Lipinski definition) is 7. The highest BCUT2D eigenvalue weighted by Gasteiger charge is 2.29. The van der Waals surface area contributed by atoms with Crippen LogP contribution in [0.4, 0.5) is 5.69 Å². The van der Waals surface area contributed by atoms with Crippen molar-refractivity contribution in [2.24, 2.45) is 17.6 Å². The molecule has 4 aromatic rings. The van der Waals surface area contributed by atoms with Gasteiger partial charge in [0, 0.05) is 41.5 Å². The van der Waals surface area contributed by atoms with E-state index in [0.29, 0.717) is 35.4 Å². The van der Waals surface area contributed by atoms with Gasteiger partial charge in [0.1, 0.15) is 6.04 Å². The molecular weight excluding hydrogens is 528 g/mol. The Hall–Kier alpha value is -4.15. The van der Waals surface area contributed by atoms with E-state index in [1.807, 2.05) is 30.3 Å². The van der Waals surface area contributed by atoms with Crippen LogP contribution in [0.5, 0.6) is 0 Å². The van der Waals surface area contributed by atoms with Crippen LogP contribution in [0.3, 0.4) is 0 Å². The Balaban J connectivity index is 1.30. The molecule has 0 bridgehead atoms. The Labute approximate surface area is 237 Å². The van der Waals surface area contributed by atoms with E-state index in [1.54, 1.807) is 36.7 Å². The number of hydrogen-bond donors (Lipinski definition) is 4. The number of rotatable bonds is 9. The summed E-state index contributed by atoms with van der Waals surface area (Å²) in [6.45, 7) is 0.645. The maximum Gasteiger partial charge on any atom is 0.247 e. The average Bonchev–Trinajstić information content (AvgIpc) is 3.53. The van der Waals surface area contributed by atoms with Gasteiger partial charge in [-0.3, -0.25) is 14.6 Å². The van der Waals surface area contributed by atoms with Gasteiger partial charge in [0.25, 0.3) is 0 Å². The zero-order valence-corrected chi connectivity index (χ0v) is 22.6. The lowest BCUT2D eigenvalue weighted by Crippen LogP contribution is -2.48. The van der Waals surface area contributed by atoms with Gasteiger partial charge in [-0.15, -0.1) is 10.2 Å². The quantitative estimate of drug-likeness (QED) is 0.242. The van der Waals surface area contributed by atoms with Crippen molar-refractivity contribution < 1.29 is 9.59 Å². The number of carbonyl (C=O) groups excluding carboxylic acids is 2. The molecule has 0 aliphatic heterocycles. The number of tetrazole rings is 1. The van der Waals surface area contributed by atoms with Gasteiger partial charge in [-0.05, 0) is 84.8 Å². The minimum absolute atomic E-state index is 0.0929. The summed E-state index contributed by atoms with van der Waals surface area (Å²) in [5.74, 6) is 0.422. The highest BCUT2D eigenvalue weighted by Crippen LogP contribution is 2.28. The van der Waals surface area contributed by atoms with Gasteiger partial charge in [0.15, 0.2) is 0 Å². The number of nitrogens with zero attached hydrogens (tertiary/aromatic N) is 4. The molecule has 10 nitrogen and oxygen atoms in total. The summed E-state index contributed by atoms with van der Waals surface area (Å²) in [6.07, 6.45) is 7.10. The molecule has 2 aromatic carbocycles. The fourth-order valence-electron chi connectivity index (χ4n) is 5.01. The summed E-state index contributed by atoms with van der Waals surface area (Å²) < 4.78 is 0. The van der Waals surface area contributed by atoms with Crippen LogP contribution in [0.25, 0.3) is 22.5 Å². The molecule has 0 saturated heterocycles. The Morgan fingerprint density at radius 3 is 2.35 bits per heavy atom. The van der Waals surface area contributed by atoms with E-state index in [1.165, 1.54) is 0 Å². The van der Waals surface area contributed by atoms with Crippen LogP contribution in [0.2, 0.25) is 5.02 Å². The maximum atomic E-state index is 13.5. The first-order chi connectivity index (χ1) is 19.5. The molecule has 0 unspecified atom stereocenters. The van der Waals surface area contributed by atoms with E-state index in [2.05, 4.69) is 36.2 Å². The van der Waals surface area contributed by atoms with Crippen molar-refractivity contribution in [1.29, 1.82) is 0 Å². The van der Waals surface area contributed by atoms with Gasteiger partial charge in [0.2, 0.25) is 17.6 Å². The molecule has 1 aliphatic rings. The Morgan fingerprint density at radius 2 is 1.70 bits per heavy atom. The zero-order valence-electron chi connectivity index (χ0n) is 21.9. The van der Waals surface area contributed by atoms with E-state index in [4.69, 9.17) is 17.3 Å². The summed E-state index contributed by atoms with van der Waals surface area (Å²) >= 11 is 6.10. The van der Waals surface area contributed by atoms with Gasteiger partial charge in [-0.25, -0.2) is 0 Å². The smallest absolute Gasteiger partial charge is 0.247 e. The van der Waals surface area contributed by atoms with Crippen molar-refractivity contribution in [2.75, 3.05) is 11.9 Å². The lowest BCUT2D eigenvalue weighted by molar-refractivity contribution is -0.130. The van der Waals surface area contributed by atoms with Crippen molar-refractivity contribution in [3.05, 3.63) is 77.6 Å². The molecule has 0 radical (unpaired) electrons. The summed E-state index contributed by atoms with van der Waals surface area (Å²) in [5.41, 5.74) is 9.96. The molecule has 1 saturated carbocycles. The Morgan fingerprint density at radius 1 is 0.975 bits per heavy atom. The normalized spacial score (nSPS) is 17.6. The number of nitrogens with one attached hydrogen (secondary N) is 3. The third-order valence-electron chi connectivity index (χ3n) is 7.37. The molecule has 206 valence electrons. The van der Waals surface area contributed by atoms with Crippen LogP contribution in [0, 0.1) is 11.8 Å². The first-order valence-electron chi connectivity index (χ1n) is 13.3. The number of aromatic amines is 1. The first-order valence-corrected chi connectivity index (χ1v) is 13.7. The summed E-state index contributed by atoms with van der Waals surface area (Å²) in [5, 5.41) is 20.5. The third kappa shape index (κ3) is 6.88. The molecule has 5 rings (SSSR count). The molecule has 1 aliphatic carbocycles. The number of anilines is 1. The van der Waals surface area contributed by atoms with Gasteiger partial charge in [0.05, 0.1) is 5.02 Å². The standard InChI is InChI=1S/C29H31ClN8O2/c30-24-14-23(16-32-17-24)20-5-1-18(2-6-20)13-26(34-28(39)22-7-3-19(15-31)4-8-22)29(40)33-25-11-9-21(10-12-25)27-35-37-38-36-27/h1-2,5-6,9-12,14,16-17,19,22,26H,3-4,7-8,13,15,31H2,(H,33,40)(H,34,39)(H,35,36,37,38)/t19?,22?,26-/m0/s1. The molecule has 2 heterocycles. The highest BCUT2D eigenvalue weighted by molar-refractivity contribution is 6.30. The number of halogens is 1. The lowest BCUT2D eigenvalue weighted by Gasteiger charge is -2.28. The fraction of sp³-hybridized carbons (Fsp3) is 0.310. The van der Waals surface area contributed by atoms with Crippen LogP contribution in [0.1, 0.15) is 31.2 Å². The van der Waals surface area contributed by atoms with Crippen LogP contribution in [-0.2, 0) is 16.0 Å². The van der Waals surface area contributed by atoms with Crippen LogP contribution < -0.4 is 16.4 Å². The van der Waals surface area contributed by atoms with Crippen LogP contribution in [-0.4, -0.2) is 50.0 Å².